The number of rotatable bonds is 7. The van der Waals surface area contributed by atoms with Crippen LogP contribution in [0.4, 0.5) is 0 Å². The third kappa shape index (κ3) is 3.72. The summed E-state index contributed by atoms with van der Waals surface area (Å²) in [6.45, 7) is 2.99. The zero-order valence-corrected chi connectivity index (χ0v) is 10.2. The number of aryl methyl sites for hydroxylation is 1. The van der Waals surface area contributed by atoms with Crippen molar-refractivity contribution in [2.75, 3.05) is 7.11 Å². The molecule has 0 aromatic carbocycles. The van der Waals surface area contributed by atoms with Gasteiger partial charge in [-0.3, -0.25) is 4.79 Å². The highest BCUT2D eigenvalue weighted by Crippen LogP contribution is 2.05. The minimum Gasteiger partial charge on any atom is -0.491 e. The fourth-order valence-electron chi connectivity index (χ4n) is 1.73. The first-order valence-electron chi connectivity index (χ1n) is 6.03. The molecule has 1 aromatic rings. The van der Waals surface area contributed by atoms with Gasteiger partial charge in [0.15, 0.2) is 5.75 Å². The predicted molar refractivity (Wildman–Crippen MR) is 66.0 cm³/mol. The quantitative estimate of drug-likeness (QED) is 0.666. The Labute approximate surface area is 97.1 Å². The molecule has 0 atom stereocenters. The van der Waals surface area contributed by atoms with Gasteiger partial charge in [0.1, 0.15) is 0 Å². The Morgan fingerprint density at radius 1 is 1.25 bits per heavy atom. The molecule has 3 nitrogen and oxygen atoms in total. The van der Waals surface area contributed by atoms with Gasteiger partial charge in [-0.2, -0.15) is 0 Å². The van der Waals surface area contributed by atoms with E-state index in [0.717, 1.165) is 13.0 Å². The molecule has 1 rings (SSSR count). The Hall–Kier alpha value is -1.25. The molecular weight excluding hydrogens is 202 g/mol. The molecule has 3 heteroatoms. The second kappa shape index (κ2) is 7.09. The van der Waals surface area contributed by atoms with E-state index in [1.807, 2.05) is 12.3 Å². The van der Waals surface area contributed by atoms with Gasteiger partial charge in [-0.1, -0.05) is 32.6 Å². The van der Waals surface area contributed by atoms with E-state index in [2.05, 4.69) is 6.92 Å². The maximum absolute atomic E-state index is 11.8. The SMILES string of the molecule is CCCCCCCn1cccc(OC)c1=O. The highest BCUT2D eigenvalue weighted by molar-refractivity contribution is 5.16. The molecular formula is C13H21NO2. The maximum Gasteiger partial charge on any atom is 0.292 e. The number of aromatic nitrogens is 1. The first kappa shape index (κ1) is 12.8. The molecule has 0 aliphatic carbocycles. The summed E-state index contributed by atoms with van der Waals surface area (Å²) in [6.07, 6.45) is 7.87. The van der Waals surface area contributed by atoms with E-state index in [9.17, 15) is 4.79 Å². The van der Waals surface area contributed by atoms with Gasteiger partial charge in [-0.05, 0) is 18.6 Å². The number of hydrogen-bond acceptors (Lipinski definition) is 2. The van der Waals surface area contributed by atoms with E-state index in [0.29, 0.717) is 5.75 Å². The monoisotopic (exact) mass is 223 g/mol. The van der Waals surface area contributed by atoms with Gasteiger partial charge >= 0.3 is 0 Å². The van der Waals surface area contributed by atoms with Crippen molar-refractivity contribution < 1.29 is 4.74 Å². The number of nitrogens with zero attached hydrogens (tertiary/aromatic N) is 1. The molecule has 1 heterocycles. The molecule has 0 fully saturated rings. The van der Waals surface area contributed by atoms with Gasteiger partial charge in [0.2, 0.25) is 0 Å². The minimum absolute atomic E-state index is 0.0273. The van der Waals surface area contributed by atoms with Crippen molar-refractivity contribution in [1.29, 1.82) is 0 Å². The largest absolute Gasteiger partial charge is 0.491 e. The lowest BCUT2D eigenvalue weighted by molar-refractivity contribution is 0.401. The molecule has 0 amide bonds. The third-order valence-electron chi connectivity index (χ3n) is 2.71. The lowest BCUT2D eigenvalue weighted by atomic mass is 10.1. The zero-order chi connectivity index (χ0) is 11.8. The fraction of sp³-hybridized carbons (Fsp3) is 0.615. The normalized spacial score (nSPS) is 10.4. The Balaban J connectivity index is 2.45. The first-order valence-corrected chi connectivity index (χ1v) is 6.03. The molecule has 0 bridgehead atoms. The van der Waals surface area contributed by atoms with Gasteiger partial charge < -0.3 is 9.30 Å². The number of methoxy groups -OCH3 is 1. The van der Waals surface area contributed by atoms with Crippen LogP contribution in [0.25, 0.3) is 0 Å². The Bertz CT molecular complexity index is 357. The average Bonchev–Trinajstić information content (AvgIpc) is 2.31. The summed E-state index contributed by atoms with van der Waals surface area (Å²) in [5, 5.41) is 0. The topological polar surface area (TPSA) is 31.2 Å². The Morgan fingerprint density at radius 3 is 2.69 bits per heavy atom. The molecule has 90 valence electrons. The van der Waals surface area contributed by atoms with Gasteiger partial charge in [0, 0.05) is 12.7 Å². The van der Waals surface area contributed by atoms with Crippen LogP contribution in [0, 0.1) is 0 Å². The van der Waals surface area contributed by atoms with Crippen molar-refractivity contribution in [1.82, 2.24) is 4.57 Å². The molecule has 0 spiro atoms. The zero-order valence-electron chi connectivity index (χ0n) is 10.2. The minimum atomic E-state index is -0.0273. The van der Waals surface area contributed by atoms with Crippen LogP contribution < -0.4 is 10.3 Å². The van der Waals surface area contributed by atoms with E-state index < -0.39 is 0 Å². The Morgan fingerprint density at radius 2 is 2.00 bits per heavy atom. The van der Waals surface area contributed by atoms with Gasteiger partial charge in [0.25, 0.3) is 5.56 Å². The second-order valence-corrected chi connectivity index (χ2v) is 3.99. The van der Waals surface area contributed by atoms with Crippen LogP contribution in [-0.4, -0.2) is 11.7 Å². The van der Waals surface area contributed by atoms with Crippen LogP contribution in [-0.2, 0) is 6.54 Å². The van der Waals surface area contributed by atoms with Crippen molar-refractivity contribution in [2.24, 2.45) is 0 Å². The summed E-state index contributed by atoms with van der Waals surface area (Å²) < 4.78 is 6.72. The predicted octanol–water partition coefficient (Wildman–Crippen LogP) is 2.83. The second-order valence-electron chi connectivity index (χ2n) is 3.99. The van der Waals surface area contributed by atoms with Gasteiger partial charge in [0.05, 0.1) is 7.11 Å². The molecule has 16 heavy (non-hydrogen) atoms. The van der Waals surface area contributed by atoms with E-state index in [-0.39, 0.29) is 5.56 Å². The van der Waals surface area contributed by atoms with Crippen LogP contribution in [0.1, 0.15) is 39.0 Å². The summed E-state index contributed by atoms with van der Waals surface area (Å²) in [4.78, 5) is 11.8. The molecule has 0 aliphatic heterocycles. The number of ether oxygens (including phenoxy) is 1. The first-order chi connectivity index (χ1) is 7.79. The van der Waals surface area contributed by atoms with Crippen molar-refractivity contribution >= 4 is 0 Å². The lowest BCUT2D eigenvalue weighted by Gasteiger charge is -2.07. The summed E-state index contributed by atoms with van der Waals surface area (Å²) >= 11 is 0. The molecule has 0 saturated heterocycles. The molecule has 0 saturated carbocycles. The van der Waals surface area contributed by atoms with E-state index >= 15 is 0 Å². The van der Waals surface area contributed by atoms with Crippen molar-refractivity contribution in [3.63, 3.8) is 0 Å². The summed E-state index contributed by atoms with van der Waals surface area (Å²) in [5.41, 5.74) is -0.0273. The fourth-order valence-corrected chi connectivity index (χ4v) is 1.73. The van der Waals surface area contributed by atoms with Crippen LogP contribution in [0.3, 0.4) is 0 Å². The standard InChI is InChI=1S/C13H21NO2/c1-3-4-5-6-7-10-14-11-8-9-12(16-2)13(14)15/h8-9,11H,3-7,10H2,1-2H3. The molecule has 0 N–H and O–H groups in total. The molecule has 0 unspecified atom stereocenters. The maximum atomic E-state index is 11.8. The van der Waals surface area contributed by atoms with Crippen LogP contribution >= 0.6 is 0 Å². The summed E-state index contributed by atoms with van der Waals surface area (Å²) in [6, 6.07) is 3.56. The van der Waals surface area contributed by atoms with E-state index in [1.165, 1.54) is 32.8 Å². The molecule has 0 aliphatic rings. The highest BCUT2D eigenvalue weighted by Gasteiger charge is 2.01. The smallest absolute Gasteiger partial charge is 0.292 e. The Kier molecular flexibility index (Phi) is 5.68. The van der Waals surface area contributed by atoms with E-state index in [4.69, 9.17) is 4.74 Å². The number of hydrogen-bond donors (Lipinski definition) is 0. The average molecular weight is 223 g/mol. The van der Waals surface area contributed by atoms with Gasteiger partial charge in [-0.15, -0.1) is 0 Å². The number of unbranched alkanes of at least 4 members (excludes halogenated alkanes) is 4. The molecule has 0 radical (unpaired) electrons. The number of pyridine rings is 1. The van der Waals surface area contributed by atoms with Gasteiger partial charge in [-0.25, -0.2) is 0 Å². The summed E-state index contributed by atoms with van der Waals surface area (Å²) in [7, 11) is 1.53. The molecule has 1 aromatic heterocycles. The van der Waals surface area contributed by atoms with Crippen LogP contribution in [0.2, 0.25) is 0 Å². The van der Waals surface area contributed by atoms with Crippen molar-refractivity contribution in [2.45, 2.75) is 45.6 Å². The third-order valence-corrected chi connectivity index (χ3v) is 2.71. The summed E-state index contributed by atoms with van der Waals surface area (Å²) in [5.74, 6) is 0.427. The van der Waals surface area contributed by atoms with Crippen molar-refractivity contribution in [3.8, 4) is 5.75 Å². The van der Waals surface area contributed by atoms with E-state index in [1.54, 1.807) is 10.6 Å². The highest BCUT2D eigenvalue weighted by atomic mass is 16.5. The van der Waals surface area contributed by atoms with Crippen LogP contribution in [0.15, 0.2) is 23.1 Å². The van der Waals surface area contributed by atoms with Crippen molar-refractivity contribution in [3.05, 3.63) is 28.7 Å². The van der Waals surface area contributed by atoms with Crippen LogP contribution in [0.5, 0.6) is 5.75 Å². The lowest BCUT2D eigenvalue weighted by Crippen LogP contribution is -2.20.